The van der Waals surface area contributed by atoms with E-state index in [0.29, 0.717) is 0 Å². The van der Waals surface area contributed by atoms with Crippen molar-refractivity contribution in [3.63, 3.8) is 0 Å². The highest BCUT2D eigenvalue weighted by Gasteiger charge is 2.26. The lowest BCUT2D eigenvalue weighted by Gasteiger charge is -1.98. The molecule has 0 aliphatic carbocycles. The first-order chi connectivity index (χ1) is 11.0. The van der Waals surface area contributed by atoms with Gasteiger partial charge in [0.25, 0.3) is 11.8 Å². The minimum Gasteiger partial charge on any atom is -0.481 e. The molecule has 0 aromatic rings. The molecule has 1 fully saturated rings. The van der Waals surface area contributed by atoms with E-state index in [1.54, 1.807) is 0 Å². The van der Waals surface area contributed by atoms with Crippen molar-refractivity contribution in [3.8, 4) is 0 Å². The maximum atomic E-state index is 10.2. The Morgan fingerprint density at radius 3 is 0.958 bits per heavy atom. The van der Waals surface area contributed by atoms with Gasteiger partial charge in [0.2, 0.25) is 0 Å². The van der Waals surface area contributed by atoms with E-state index in [0.717, 1.165) is 0 Å². The van der Waals surface area contributed by atoms with Gasteiger partial charge < -0.3 is 20.4 Å². The topological polar surface area (TPSA) is 207 Å². The molecule has 2 amide bonds. The molecule has 0 spiro atoms. The first-order valence-corrected chi connectivity index (χ1v) is 6.39. The maximum Gasteiger partial charge on any atom is 0.303 e. The third kappa shape index (κ3) is 15.4. The number of aliphatic carboxylic acids is 4. The van der Waals surface area contributed by atoms with E-state index in [9.17, 15) is 28.8 Å². The Hall–Kier alpha value is -3.02. The summed E-state index contributed by atoms with van der Waals surface area (Å²) in [6.45, 7) is 0. The van der Waals surface area contributed by atoms with E-state index in [2.05, 4.69) is 0 Å². The van der Waals surface area contributed by atoms with Gasteiger partial charge >= 0.3 is 23.9 Å². The van der Waals surface area contributed by atoms with Crippen molar-refractivity contribution in [1.29, 1.82) is 0 Å². The Labute approximate surface area is 134 Å². The molecule has 0 saturated carbocycles. The van der Waals surface area contributed by atoms with E-state index >= 15 is 0 Å². The van der Waals surface area contributed by atoms with E-state index in [4.69, 9.17) is 25.6 Å². The molecule has 5 N–H and O–H groups in total. The summed E-state index contributed by atoms with van der Waals surface area (Å²) in [4.78, 5) is 59.0. The van der Waals surface area contributed by atoms with Gasteiger partial charge in [-0.2, -0.15) is 5.06 Å². The van der Waals surface area contributed by atoms with Crippen molar-refractivity contribution in [2.75, 3.05) is 0 Å². The number of hydrogen-bond acceptors (Lipinski definition) is 7. The molecule has 1 heterocycles. The quantitative estimate of drug-likeness (QED) is 0.301. The number of rotatable bonds is 6. The fraction of sp³-hybridized carbons (Fsp3) is 0.500. The number of carbonyl (C=O) groups is 6. The molecule has 0 aromatic carbocycles. The molecule has 1 saturated heterocycles. The summed E-state index contributed by atoms with van der Waals surface area (Å²) in [5, 5.41) is 40.2. The summed E-state index contributed by atoms with van der Waals surface area (Å²) < 4.78 is 0. The van der Waals surface area contributed by atoms with Gasteiger partial charge in [0, 0.05) is 12.8 Å². The Morgan fingerprint density at radius 1 is 0.667 bits per heavy atom. The van der Waals surface area contributed by atoms with Crippen molar-refractivity contribution < 1.29 is 54.4 Å². The zero-order chi connectivity index (χ0) is 19.3. The van der Waals surface area contributed by atoms with Crippen LogP contribution < -0.4 is 0 Å². The van der Waals surface area contributed by atoms with Crippen LogP contribution in [0.2, 0.25) is 0 Å². The predicted molar refractivity (Wildman–Crippen MR) is 71.9 cm³/mol. The Kier molecular flexibility index (Phi) is 12.1. The van der Waals surface area contributed by atoms with Crippen LogP contribution in [-0.2, 0) is 28.8 Å². The number of hydroxylamine groups is 2. The molecule has 136 valence electrons. The number of nitrogens with zero attached hydrogens (tertiary/aromatic N) is 1. The van der Waals surface area contributed by atoms with Crippen molar-refractivity contribution >= 4 is 35.7 Å². The smallest absolute Gasteiger partial charge is 0.303 e. The van der Waals surface area contributed by atoms with Crippen molar-refractivity contribution in [2.45, 2.75) is 38.5 Å². The van der Waals surface area contributed by atoms with Crippen molar-refractivity contribution in [2.24, 2.45) is 0 Å². The van der Waals surface area contributed by atoms with Crippen molar-refractivity contribution in [1.82, 2.24) is 5.06 Å². The minimum absolute atomic E-state index is 0.148. The van der Waals surface area contributed by atoms with Crippen LogP contribution in [0.3, 0.4) is 0 Å². The second-order valence-electron chi connectivity index (χ2n) is 4.17. The summed E-state index contributed by atoms with van der Waals surface area (Å²) >= 11 is 0. The summed E-state index contributed by atoms with van der Waals surface area (Å²) in [5.74, 6) is -5.32. The van der Waals surface area contributed by atoms with Crippen LogP contribution in [0.4, 0.5) is 0 Å². The van der Waals surface area contributed by atoms with Gasteiger partial charge in [0.1, 0.15) is 0 Å². The molecule has 0 aromatic heterocycles. The lowest BCUT2D eigenvalue weighted by atomic mass is 10.3. The molecule has 0 radical (unpaired) electrons. The summed E-state index contributed by atoms with van der Waals surface area (Å²) in [5.41, 5.74) is 0. The molecule has 0 bridgehead atoms. The molecule has 1 rings (SSSR count). The highest BCUT2D eigenvalue weighted by Crippen LogP contribution is 2.07. The van der Waals surface area contributed by atoms with Crippen LogP contribution in [-0.4, -0.2) is 66.4 Å². The predicted octanol–water partition coefficient (Wildman–Crippen LogP) is -0.604. The van der Waals surface area contributed by atoms with E-state index in [1.165, 1.54) is 0 Å². The molecular formula is C12H17NO11. The Morgan fingerprint density at radius 2 is 0.875 bits per heavy atom. The van der Waals surface area contributed by atoms with Crippen LogP contribution in [0.5, 0.6) is 0 Å². The highest BCUT2D eigenvalue weighted by atomic mass is 16.5. The molecule has 12 heteroatoms. The molecule has 24 heavy (non-hydrogen) atoms. The fourth-order valence-corrected chi connectivity index (χ4v) is 0.992. The third-order valence-corrected chi connectivity index (χ3v) is 2.13. The summed E-state index contributed by atoms with van der Waals surface area (Å²) in [6.07, 6.45) is -0.889. The first-order valence-electron chi connectivity index (χ1n) is 6.39. The SMILES string of the molecule is O=C(O)CCC(=O)O.O=C(O)CCC(=O)O.O=C1CCC(=O)N1O. The number of hydrogen-bond donors (Lipinski definition) is 5. The standard InChI is InChI=1S/C4H5NO3.2C4H6O4/c6-3-1-2-4(7)5(3)8;2*5-3(6)1-2-4(7)8/h8H,1-2H2;2*1-2H2,(H,5,6)(H,7,8). The molecule has 1 aliphatic rings. The largest absolute Gasteiger partial charge is 0.481 e. The van der Waals surface area contributed by atoms with Crippen molar-refractivity contribution in [3.05, 3.63) is 0 Å². The average Bonchev–Trinajstić information content (AvgIpc) is 2.75. The van der Waals surface area contributed by atoms with Crippen LogP contribution in [0.25, 0.3) is 0 Å². The average molecular weight is 351 g/mol. The monoisotopic (exact) mass is 351 g/mol. The number of carbonyl (C=O) groups excluding carboxylic acids is 2. The zero-order valence-electron chi connectivity index (χ0n) is 12.4. The molecular weight excluding hydrogens is 334 g/mol. The van der Waals surface area contributed by atoms with Crippen LogP contribution in [0, 0.1) is 0 Å². The molecule has 0 unspecified atom stereocenters. The second-order valence-corrected chi connectivity index (χ2v) is 4.17. The molecule has 0 atom stereocenters. The number of carboxylic acids is 4. The molecule has 12 nitrogen and oxygen atoms in total. The van der Waals surface area contributed by atoms with Gasteiger partial charge in [-0.3, -0.25) is 34.0 Å². The van der Waals surface area contributed by atoms with Gasteiger partial charge in [0.15, 0.2) is 0 Å². The summed E-state index contributed by atoms with van der Waals surface area (Å²) in [6, 6.07) is 0. The Balaban J connectivity index is 0. The normalized spacial score (nSPS) is 12.5. The zero-order valence-corrected chi connectivity index (χ0v) is 12.4. The van der Waals surface area contributed by atoms with Crippen LogP contribution in [0.1, 0.15) is 38.5 Å². The van der Waals surface area contributed by atoms with Gasteiger partial charge in [-0.25, -0.2) is 0 Å². The van der Waals surface area contributed by atoms with Gasteiger partial charge in [-0.05, 0) is 0 Å². The van der Waals surface area contributed by atoms with E-state index < -0.39 is 35.7 Å². The maximum absolute atomic E-state index is 10.2. The minimum atomic E-state index is -1.08. The van der Waals surface area contributed by atoms with Gasteiger partial charge in [0.05, 0.1) is 25.7 Å². The van der Waals surface area contributed by atoms with Gasteiger partial charge in [-0.1, -0.05) is 0 Å². The van der Waals surface area contributed by atoms with E-state index in [1.807, 2.05) is 0 Å². The number of carboxylic acid groups (broad SMARTS) is 4. The Bertz CT molecular complexity index is 427. The lowest BCUT2D eigenvalue weighted by Crippen LogP contribution is -2.24. The fourth-order valence-electron chi connectivity index (χ4n) is 0.992. The highest BCUT2D eigenvalue weighted by molar-refractivity contribution is 6.00. The number of amides is 2. The first kappa shape index (κ1) is 23.2. The second kappa shape index (κ2) is 12.5. The van der Waals surface area contributed by atoms with E-state index in [-0.39, 0.29) is 43.6 Å². The van der Waals surface area contributed by atoms with Gasteiger partial charge in [-0.15, -0.1) is 0 Å². The summed E-state index contributed by atoms with van der Waals surface area (Å²) in [7, 11) is 0. The lowest BCUT2D eigenvalue weighted by molar-refractivity contribution is -0.171. The van der Waals surface area contributed by atoms with Crippen LogP contribution in [0.15, 0.2) is 0 Å². The molecule has 1 aliphatic heterocycles. The number of imide groups is 1. The van der Waals surface area contributed by atoms with Crippen LogP contribution >= 0.6 is 0 Å². The third-order valence-electron chi connectivity index (χ3n) is 2.13.